The normalized spacial score (nSPS) is 46.1. The van der Waals surface area contributed by atoms with Crippen molar-refractivity contribution >= 4 is 5.97 Å². The smallest absolute Gasteiger partial charge is 0.330 e. The summed E-state index contributed by atoms with van der Waals surface area (Å²) < 4.78 is 11.6. The summed E-state index contributed by atoms with van der Waals surface area (Å²) in [5, 5.41) is 10.6. The zero-order valence-corrected chi connectivity index (χ0v) is 15.9. The number of esters is 1. The second-order valence-electron chi connectivity index (χ2n) is 9.35. The summed E-state index contributed by atoms with van der Waals surface area (Å²) in [7, 11) is 0. The van der Waals surface area contributed by atoms with E-state index >= 15 is 0 Å². The zero-order chi connectivity index (χ0) is 17.9. The van der Waals surface area contributed by atoms with Gasteiger partial charge in [-0.15, -0.1) is 0 Å². The topological polar surface area (TPSA) is 55.8 Å². The summed E-state index contributed by atoms with van der Waals surface area (Å²) in [5.41, 5.74) is 0.735. The van der Waals surface area contributed by atoms with Crippen molar-refractivity contribution in [1.29, 1.82) is 0 Å². The maximum Gasteiger partial charge on any atom is 0.330 e. The average Bonchev–Trinajstić information content (AvgIpc) is 2.90. The number of fused-ring (bicyclic) bond motifs is 3. The highest BCUT2D eigenvalue weighted by Gasteiger charge is 2.74. The molecule has 0 aromatic carbocycles. The Morgan fingerprint density at radius 1 is 1.21 bits per heavy atom. The number of carbonyl (C=O) groups excluding carboxylic acids is 1. The number of ether oxygens (including phenoxy) is 2. The van der Waals surface area contributed by atoms with Crippen LogP contribution in [0.2, 0.25) is 0 Å². The van der Waals surface area contributed by atoms with E-state index in [1.807, 2.05) is 13.8 Å². The lowest BCUT2D eigenvalue weighted by molar-refractivity contribution is -0.193. The Labute approximate surface area is 145 Å². The van der Waals surface area contributed by atoms with Gasteiger partial charge in [0.2, 0.25) is 0 Å². The van der Waals surface area contributed by atoms with Crippen molar-refractivity contribution in [1.82, 2.24) is 0 Å². The van der Waals surface area contributed by atoms with Gasteiger partial charge in [0.25, 0.3) is 0 Å². The number of hydrogen-bond donors (Lipinski definition) is 1. The van der Waals surface area contributed by atoms with Gasteiger partial charge in [0.1, 0.15) is 6.10 Å². The third-order valence-electron chi connectivity index (χ3n) is 7.65. The Kier molecular flexibility index (Phi) is 4.16. The summed E-state index contributed by atoms with van der Waals surface area (Å²) in [6.45, 7) is 13.4. The largest absolute Gasteiger partial charge is 0.458 e. The first kappa shape index (κ1) is 17.9. The van der Waals surface area contributed by atoms with Crippen molar-refractivity contribution in [3.8, 4) is 0 Å². The molecule has 1 aliphatic heterocycles. The number of allylic oxidation sites excluding steroid dienone is 1. The van der Waals surface area contributed by atoms with Crippen LogP contribution in [0.25, 0.3) is 0 Å². The monoisotopic (exact) mass is 336 g/mol. The number of rotatable bonds is 2. The molecular formula is C20H32O4. The van der Waals surface area contributed by atoms with E-state index in [2.05, 4.69) is 27.7 Å². The van der Waals surface area contributed by atoms with E-state index in [-0.39, 0.29) is 40.2 Å². The molecule has 2 aliphatic carbocycles. The molecule has 136 valence electrons. The van der Waals surface area contributed by atoms with Crippen molar-refractivity contribution in [3.63, 3.8) is 0 Å². The molecule has 3 fully saturated rings. The minimum absolute atomic E-state index is 0.0160. The van der Waals surface area contributed by atoms with Crippen LogP contribution in [-0.4, -0.2) is 30.1 Å². The van der Waals surface area contributed by atoms with Gasteiger partial charge in [-0.1, -0.05) is 39.7 Å². The van der Waals surface area contributed by atoms with E-state index < -0.39 is 6.29 Å². The minimum Gasteiger partial charge on any atom is -0.458 e. The van der Waals surface area contributed by atoms with Crippen molar-refractivity contribution in [3.05, 3.63) is 11.6 Å². The molecule has 4 nitrogen and oxygen atoms in total. The van der Waals surface area contributed by atoms with Crippen molar-refractivity contribution < 1.29 is 19.4 Å². The Balaban J connectivity index is 2.04. The molecule has 0 amide bonds. The van der Waals surface area contributed by atoms with Crippen LogP contribution in [0.5, 0.6) is 0 Å². The first-order valence-corrected chi connectivity index (χ1v) is 9.20. The fourth-order valence-electron chi connectivity index (χ4n) is 6.16. The van der Waals surface area contributed by atoms with Gasteiger partial charge in [0.05, 0.1) is 6.61 Å². The van der Waals surface area contributed by atoms with Crippen LogP contribution >= 0.6 is 0 Å². The fourth-order valence-corrected chi connectivity index (χ4v) is 6.16. The maximum atomic E-state index is 12.4. The standard InChI is InChI=1S/C20H32O4/c1-12(2)10-14(21)24-16-13-11-23-17(22)15(13)20(6)18(3,4)8-7-9-19(16,20)5/h10,13,15-17,22H,7-9,11H2,1-6H3. The number of hydrogen-bond acceptors (Lipinski definition) is 4. The lowest BCUT2D eigenvalue weighted by Crippen LogP contribution is -2.56. The predicted octanol–water partition coefficient (Wildman–Crippen LogP) is 3.68. The van der Waals surface area contributed by atoms with Gasteiger partial charge in [-0.25, -0.2) is 4.79 Å². The summed E-state index contributed by atoms with van der Waals surface area (Å²) >= 11 is 0. The Morgan fingerprint density at radius 2 is 1.88 bits per heavy atom. The molecule has 6 unspecified atom stereocenters. The first-order valence-electron chi connectivity index (χ1n) is 9.20. The van der Waals surface area contributed by atoms with Crippen LogP contribution in [0, 0.1) is 28.1 Å². The van der Waals surface area contributed by atoms with Gasteiger partial charge in [0.15, 0.2) is 6.29 Å². The lowest BCUT2D eigenvalue weighted by Gasteiger charge is -2.59. The molecule has 0 aromatic rings. The minimum atomic E-state index is -0.760. The maximum absolute atomic E-state index is 12.4. The highest BCUT2D eigenvalue weighted by Crippen LogP contribution is 2.73. The highest BCUT2D eigenvalue weighted by molar-refractivity contribution is 5.82. The molecule has 3 rings (SSSR count). The molecule has 0 spiro atoms. The molecule has 0 aromatic heterocycles. The Morgan fingerprint density at radius 3 is 2.50 bits per heavy atom. The van der Waals surface area contributed by atoms with Gasteiger partial charge in [-0.05, 0) is 37.5 Å². The second kappa shape index (κ2) is 5.57. The molecule has 1 saturated heterocycles. The van der Waals surface area contributed by atoms with Gasteiger partial charge in [-0.2, -0.15) is 0 Å². The molecule has 4 heteroatoms. The quantitative estimate of drug-likeness (QED) is 0.617. The molecule has 1 heterocycles. The number of aliphatic hydroxyl groups excluding tert-OH is 1. The van der Waals surface area contributed by atoms with Crippen LogP contribution < -0.4 is 0 Å². The van der Waals surface area contributed by atoms with Crippen LogP contribution in [0.3, 0.4) is 0 Å². The van der Waals surface area contributed by atoms with E-state index in [4.69, 9.17) is 9.47 Å². The molecule has 6 atom stereocenters. The number of carbonyl (C=O) groups is 1. The van der Waals surface area contributed by atoms with E-state index in [0.29, 0.717) is 6.61 Å². The summed E-state index contributed by atoms with van der Waals surface area (Å²) in [5.74, 6) is -0.182. The van der Waals surface area contributed by atoms with Crippen LogP contribution in [0.15, 0.2) is 11.6 Å². The van der Waals surface area contributed by atoms with Gasteiger partial charge in [0, 0.05) is 23.3 Å². The van der Waals surface area contributed by atoms with Gasteiger partial charge in [-0.3, -0.25) is 0 Å². The Hall–Kier alpha value is -0.870. The molecular weight excluding hydrogens is 304 g/mol. The summed E-state index contributed by atoms with van der Waals surface area (Å²) in [6, 6.07) is 0. The molecule has 1 N–H and O–H groups in total. The first-order chi connectivity index (χ1) is 11.0. The second-order valence-corrected chi connectivity index (χ2v) is 9.35. The van der Waals surface area contributed by atoms with Crippen LogP contribution in [0.1, 0.15) is 60.8 Å². The highest BCUT2D eigenvalue weighted by atomic mass is 16.6. The predicted molar refractivity (Wildman–Crippen MR) is 92.1 cm³/mol. The Bertz CT molecular complexity index is 562. The molecule has 0 bridgehead atoms. The molecule has 2 saturated carbocycles. The third-order valence-corrected chi connectivity index (χ3v) is 7.65. The van der Waals surface area contributed by atoms with Crippen LogP contribution in [-0.2, 0) is 14.3 Å². The van der Waals surface area contributed by atoms with E-state index in [1.54, 1.807) is 6.08 Å². The SMILES string of the molecule is CC(C)=CC(=O)OC1C2COC(O)C2C2(C)C(C)(C)CCCC12C. The van der Waals surface area contributed by atoms with Crippen molar-refractivity contribution in [2.45, 2.75) is 73.2 Å². The number of aliphatic hydroxyl groups is 1. The summed E-state index contributed by atoms with van der Waals surface area (Å²) in [6.07, 6.45) is 3.89. The third kappa shape index (κ3) is 2.22. The van der Waals surface area contributed by atoms with Crippen LogP contribution in [0.4, 0.5) is 0 Å². The van der Waals surface area contributed by atoms with E-state index in [0.717, 1.165) is 24.8 Å². The van der Waals surface area contributed by atoms with Gasteiger partial charge < -0.3 is 14.6 Å². The summed E-state index contributed by atoms with van der Waals surface area (Å²) in [4.78, 5) is 12.4. The molecule has 3 aliphatic rings. The molecule has 24 heavy (non-hydrogen) atoms. The fraction of sp³-hybridized carbons (Fsp3) is 0.850. The van der Waals surface area contributed by atoms with Crippen molar-refractivity contribution in [2.24, 2.45) is 28.1 Å². The lowest BCUT2D eigenvalue weighted by atomic mass is 9.46. The zero-order valence-electron chi connectivity index (χ0n) is 15.9. The van der Waals surface area contributed by atoms with E-state index in [9.17, 15) is 9.90 Å². The average molecular weight is 336 g/mol. The van der Waals surface area contributed by atoms with Crippen molar-refractivity contribution in [2.75, 3.05) is 6.61 Å². The van der Waals surface area contributed by atoms with Gasteiger partial charge >= 0.3 is 5.97 Å². The molecule has 0 radical (unpaired) electrons. The van der Waals surface area contributed by atoms with E-state index in [1.165, 1.54) is 0 Å².